The van der Waals surface area contributed by atoms with E-state index in [0.717, 1.165) is 16.5 Å². The summed E-state index contributed by atoms with van der Waals surface area (Å²) >= 11 is 0. The minimum Gasteiger partial charge on any atom is -0.383 e. The van der Waals surface area contributed by atoms with Gasteiger partial charge in [-0.05, 0) is 17.7 Å². The molecule has 0 fully saturated rings. The number of carbonyl (C=O) groups is 1. The van der Waals surface area contributed by atoms with Crippen molar-refractivity contribution >= 4 is 22.8 Å². The van der Waals surface area contributed by atoms with E-state index in [0.29, 0.717) is 18.0 Å². The molecule has 1 aliphatic heterocycles. The molecule has 1 aliphatic rings. The summed E-state index contributed by atoms with van der Waals surface area (Å²) in [5.41, 5.74) is 8.20. The first kappa shape index (κ1) is 11.0. The van der Waals surface area contributed by atoms with Gasteiger partial charge < -0.3 is 5.73 Å². The molecule has 0 atom stereocenters. The lowest BCUT2D eigenvalue weighted by Crippen LogP contribution is -2.34. The highest BCUT2D eigenvalue weighted by Crippen LogP contribution is 2.25. The van der Waals surface area contributed by atoms with Gasteiger partial charge in [-0.3, -0.25) is 4.79 Å². The molecule has 0 saturated carbocycles. The van der Waals surface area contributed by atoms with Gasteiger partial charge in [-0.25, -0.2) is 19.7 Å². The molecule has 98 valence electrons. The van der Waals surface area contributed by atoms with E-state index in [9.17, 15) is 4.79 Å². The van der Waals surface area contributed by atoms with Crippen LogP contribution >= 0.6 is 0 Å². The number of rotatable bonds is 1. The summed E-state index contributed by atoms with van der Waals surface area (Å²) in [5, 5.41) is 2.40. The number of nitrogen functional groups attached to an aromatic ring is 1. The number of nitrogens with two attached hydrogens (primary N) is 1. The molecule has 3 aromatic rings. The highest BCUT2D eigenvalue weighted by Gasteiger charge is 2.29. The number of hydrogen-bond donors (Lipinski definition) is 1. The van der Waals surface area contributed by atoms with Gasteiger partial charge >= 0.3 is 0 Å². The van der Waals surface area contributed by atoms with Crippen molar-refractivity contribution in [2.75, 3.05) is 10.7 Å². The summed E-state index contributed by atoms with van der Waals surface area (Å²) in [6.45, 7) is 0.530. The van der Waals surface area contributed by atoms with Gasteiger partial charge in [0.2, 0.25) is 0 Å². The average molecular weight is 265 g/mol. The first-order valence-electron chi connectivity index (χ1n) is 6.23. The topological polar surface area (TPSA) is 77.0 Å². The summed E-state index contributed by atoms with van der Waals surface area (Å²) in [6.07, 6.45) is 3.20. The Bertz CT molecular complexity index is 838. The third-order valence-corrected chi connectivity index (χ3v) is 3.56. The summed E-state index contributed by atoms with van der Waals surface area (Å²) in [4.78, 5) is 20.6. The van der Waals surface area contributed by atoms with E-state index >= 15 is 0 Å². The maximum Gasteiger partial charge on any atom is 0.273 e. The molecular weight excluding hydrogens is 254 g/mol. The van der Waals surface area contributed by atoms with Crippen LogP contribution in [0.25, 0.3) is 11.0 Å². The van der Waals surface area contributed by atoms with Gasteiger partial charge in [-0.1, -0.05) is 18.2 Å². The lowest BCUT2D eigenvalue weighted by atomic mass is 10.1. The van der Waals surface area contributed by atoms with E-state index in [2.05, 4.69) is 9.97 Å². The molecule has 0 aliphatic carbocycles. The molecule has 4 rings (SSSR count). The molecule has 3 heterocycles. The quantitative estimate of drug-likeness (QED) is 0.719. The van der Waals surface area contributed by atoms with Crippen LogP contribution in [0.5, 0.6) is 0 Å². The van der Waals surface area contributed by atoms with Crippen LogP contribution < -0.4 is 10.7 Å². The highest BCUT2D eigenvalue weighted by molar-refractivity contribution is 6.06. The fourth-order valence-corrected chi connectivity index (χ4v) is 2.57. The number of nitrogens with zero attached hydrogens (tertiary/aromatic N) is 4. The minimum absolute atomic E-state index is 0.0321. The molecular formula is C14H11N5O. The maximum absolute atomic E-state index is 12.5. The van der Waals surface area contributed by atoms with Crippen LogP contribution in [0.4, 0.5) is 5.82 Å². The summed E-state index contributed by atoms with van der Waals surface area (Å²) in [7, 11) is 0. The lowest BCUT2D eigenvalue weighted by Gasteiger charge is -2.17. The second-order valence-corrected chi connectivity index (χ2v) is 4.68. The normalized spacial score (nSPS) is 14.0. The maximum atomic E-state index is 12.5. The predicted octanol–water partition coefficient (Wildman–Crippen LogP) is 1.31. The zero-order valence-corrected chi connectivity index (χ0v) is 10.5. The van der Waals surface area contributed by atoms with Crippen molar-refractivity contribution in [2.24, 2.45) is 0 Å². The Morgan fingerprint density at radius 2 is 2.00 bits per heavy atom. The first-order chi connectivity index (χ1) is 9.75. The molecule has 1 amide bonds. The van der Waals surface area contributed by atoms with Crippen LogP contribution in [-0.2, 0) is 6.54 Å². The van der Waals surface area contributed by atoms with Crippen LogP contribution in [0.3, 0.4) is 0 Å². The van der Waals surface area contributed by atoms with Crippen molar-refractivity contribution in [1.29, 1.82) is 0 Å². The number of fused-ring (bicyclic) bond motifs is 2. The number of aromatic nitrogens is 3. The second kappa shape index (κ2) is 3.80. The molecule has 6 heteroatoms. The Labute approximate surface area is 114 Å². The second-order valence-electron chi connectivity index (χ2n) is 4.68. The van der Waals surface area contributed by atoms with E-state index in [-0.39, 0.29) is 5.91 Å². The van der Waals surface area contributed by atoms with Gasteiger partial charge in [0, 0.05) is 11.8 Å². The molecule has 20 heavy (non-hydrogen) atoms. The Kier molecular flexibility index (Phi) is 2.09. The van der Waals surface area contributed by atoms with E-state index < -0.39 is 0 Å². The van der Waals surface area contributed by atoms with Crippen molar-refractivity contribution in [1.82, 2.24) is 14.6 Å². The third kappa shape index (κ3) is 1.36. The van der Waals surface area contributed by atoms with E-state index in [1.54, 1.807) is 15.9 Å². The van der Waals surface area contributed by atoms with Gasteiger partial charge in [0.25, 0.3) is 5.91 Å². The smallest absolute Gasteiger partial charge is 0.273 e. The lowest BCUT2D eigenvalue weighted by molar-refractivity contribution is 0.0971. The molecule has 6 nitrogen and oxygen atoms in total. The van der Waals surface area contributed by atoms with Crippen molar-refractivity contribution in [3.8, 4) is 0 Å². The van der Waals surface area contributed by atoms with E-state index in [1.807, 2.05) is 30.3 Å². The molecule has 1 aromatic carbocycles. The largest absolute Gasteiger partial charge is 0.383 e. The number of anilines is 1. The fourth-order valence-electron chi connectivity index (χ4n) is 2.57. The van der Waals surface area contributed by atoms with Crippen molar-refractivity contribution in [3.05, 3.63) is 54.0 Å². The van der Waals surface area contributed by atoms with Crippen molar-refractivity contribution in [3.63, 3.8) is 0 Å². The van der Waals surface area contributed by atoms with Gasteiger partial charge in [0.05, 0.1) is 11.9 Å². The van der Waals surface area contributed by atoms with Gasteiger partial charge in [0.1, 0.15) is 12.1 Å². The van der Waals surface area contributed by atoms with Crippen LogP contribution in [0, 0.1) is 0 Å². The van der Waals surface area contributed by atoms with Gasteiger partial charge in [0.15, 0.2) is 5.65 Å². The summed E-state index contributed by atoms with van der Waals surface area (Å²) < 4.78 is 1.73. The predicted molar refractivity (Wildman–Crippen MR) is 74.6 cm³/mol. The Morgan fingerprint density at radius 1 is 1.15 bits per heavy atom. The minimum atomic E-state index is -0.0321. The monoisotopic (exact) mass is 265 g/mol. The average Bonchev–Trinajstić information content (AvgIpc) is 3.02. The summed E-state index contributed by atoms with van der Waals surface area (Å²) in [6, 6.07) is 9.42. The Balaban J connectivity index is 1.86. The molecule has 0 unspecified atom stereocenters. The molecule has 0 spiro atoms. The van der Waals surface area contributed by atoms with Crippen LogP contribution in [-0.4, -0.2) is 20.6 Å². The fraction of sp³-hybridized carbons (Fsp3) is 0.0714. The third-order valence-electron chi connectivity index (χ3n) is 3.56. The molecule has 2 aromatic heterocycles. The zero-order valence-electron chi connectivity index (χ0n) is 10.5. The number of benzene rings is 1. The molecule has 0 radical (unpaired) electrons. The standard InChI is InChI=1S/C14H11N5O/c15-12-11-5-6-18(13(11)17-8-16-12)19-7-9-3-1-2-4-10(9)14(19)20/h1-6,8H,7H2,(H2,15,16,17). The van der Waals surface area contributed by atoms with E-state index in [4.69, 9.17) is 5.73 Å². The van der Waals surface area contributed by atoms with Gasteiger partial charge in [-0.2, -0.15) is 0 Å². The van der Waals surface area contributed by atoms with Gasteiger partial charge in [-0.15, -0.1) is 0 Å². The molecule has 0 saturated heterocycles. The zero-order chi connectivity index (χ0) is 13.7. The van der Waals surface area contributed by atoms with Crippen molar-refractivity contribution < 1.29 is 4.79 Å². The SMILES string of the molecule is Nc1ncnc2c1ccn2N1Cc2ccccc2C1=O. The van der Waals surface area contributed by atoms with Crippen LogP contribution in [0.15, 0.2) is 42.9 Å². The highest BCUT2D eigenvalue weighted by atomic mass is 16.2. The van der Waals surface area contributed by atoms with Crippen molar-refractivity contribution in [2.45, 2.75) is 6.54 Å². The number of carbonyl (C=O) groups excluding carboxylic acids is 1. The molecule has 2 N–H and O–H groups in total. The first-order valence-corrected chi connectivity index (χ1v) is 6.23. The molecule has 0 bridgehead atoms. The van der Waals surface area contributed by atoms with Crippen LogP contribution in [0.1, 0.15) is 15.9 Å². The van der Waals surface area contributed by atoms with Crippen LogP contribution in [0.2, 0.25) is 0 Å². The number of hydrogen-bond acceptors (Lipinski definition) is 4. The summed E-state index contributed by atoms with van der Waals surface area (Å²) in [5.74, 6) is 0.383. The Morgan fingerprint density at radius 3 is 2.85 bits per heavy atom. The number of amides is 1. The van der Waals surface area contributed by atoms with E-state index in [1.165, 1.54) is 6.33 Å². The Hall–Kier alpha value is -2.89.